The lowest BCUT2D eigenvalue weighted by Crippen LogP contribution is -2.49. The lowest BCUT2D eigenvalue weighted by molar-refractivity contribution is -0.140. The SMILES string of the molecule is Cc1ccc(CN(C(=O)CCCN(c2ccc3c(c2)OCCO3)S(C)(=O)=O)[C@@H](C)C(=O)NC(C)C)cc1. The van der Waals surface area contributed by atoms with Crippen LogP contribution in [0.4, 0.5) is 5.69 Å². The molecule has 1 N–H and O–H groups in total. The van der Waals surface area contributed by atoms with Crippen LogP contribution in [-0.2, 0) is 26.2 Å². The topological polar surface area (TPSA) is 105 Å². The van der Waals surface area contributed by atoms with Crippen molar-refractivity contribution in [1.29, 1.82) is 0 Å². The fourth-order valence-corrected chi connectivity index (χ4v) is 5.03. The summed E-state index contributed by atoms with van der Waals surface area (Å²) in [5.74, 6) is 0.605. The standard InChI is InChI=1S/C27H37N3O6S/c1-19(2)28-27(32)21(4)29(18-22-10-8-20(3)9-11-22)26(31)7-6-14-30(37(5,33)34)23-12-13-24-25(17-23)36-16-15-35-24/h8-13,17,19,21H,6-7,14-16,18H2,1-5H3,(H,28,32)/t21-/m0/s1. The zero-order chi connectivity index (χ0) is 27.2. The van der Waals surface area contributed by atoms with E-state index in [0.717, 1.165) is 17.4 Å². The summed E-state index contributed by atoms with van der Waals surface area (Å²) in [7, 11) is -3.61. The Labute approximate surface area is 219 Å². The van der Waals surface area contributed by atoms with Crippen molar-refractivity contribution in [2.45, 2.75) is 59.2 Å². The van der Waals surface area contributed by atoms with Crippen LogP contribution in [-0.4, -0.2) is 63.2 Å². The number of hydrogen-bond donors (Lipinski definition) is 1. The van der Waals surface area contributed by atoms with E-state index in [1.807, 2.05) is 45.0 Å². The fraction of sp³-hybridized carbons (Fsp3) is 0.481. The maximum absolute atomic E-state index is 13.3. The van der Waals surface area contributed by atoms with Crippen molar-refractivity contribution in [3.05, 3.63) is 53.6 Å². The maximum atomic E-state index is 13.3. The van der Waals surface area contributed by atoms with Crippen molar-refractivity contribution in [3.8, 4) is 11.5 Å². The van der Waals surface area contributed by atoms with Crippen LogP contribution in [0.5, 0.6) is 11.5 Å². The van der Waals surface area contributed by atoms with Gasteiger partial charge in [-0.1, -0.05) is 29.8 Å². The summed E-state index contributed by atoms with van der Waals surface area (Å²) in [6, 6.07) is 12.1. The third kappa shape index (κ3) is 7.85. The zero-order valence-electron chi connectivity index (χ0n) is 22.2. The molecule has 0 saturated heterocycles. The Hall–Kier alpha value is -3.27. The molecule has 2 aromatic rings. The Kier molecular flexibility index (Phi) is 9.42. The Bertz CT molecular complexity index is 1200. The molecule has 1 atom stereocenters. The van der Waals surface area contributed by atoms with Crippen molar-refractivity contribution < 1.29 is 27.5 Å². The van der Waals surface area contributed by atoms with Gasteiger partial charge in [0.2, 0.25) is 21.8 Å². The van der Waals surface area contributed by atoms with Gasteiger partial charge in [-0.2, -0.15) is 0 Å². The molecular formula is C27H37N3O6S. The van der Waals surface area contributed by atoms with Gasteiger partial charge in [0, 0.05) is 31.6 Å². The van der Waals surface area contributed by atoms with E-state index in [-0.39, 0.29) is 43.8 Å². The van der Waals surface area contributed by atoms with Crippen molar-refractivity contribution in [2.75, 3.05) is 30.3 Å². The quantitative estimate of drug-likeness (QED) is 0.477. The summed E-state index contributed by atoms with van der Waals surface area (Å²) in [5.41, 5.74) is 2.46. The highest BCUT2D eigenvalue weighted by atomic mass is 32.2. The van der Waals surface area contributed by atoms with E-state index in [0.29, 0.717) is 30.4 Å². The number of carbonyl (C=O) groups excluding carboxylic acids is 2. The number of nitrogens with zero attached hydrogens (tertiary/aromatic N) is 2. The maximum Gasteiger partial charge on any atom is 0.242 e. The van der Waals surface area contributed by atoms with Crippen LogP contribution < -0.4 is 19.1 Å². The zero-order valence-corrected chi connectivity index (χ0v) is 23.0. The molecule has 1 aliphatic rings. The lowest BCUT2D eigenvalue weighted by atomic mass is 10.1. The van der Waals surface area contributed by atoms with Gasteiger partial charge in [0.1, 0.15) is 19.3 Å². The average Bonchev–Trinajstić information content (AvgIpc) is 2.84. The third-order valence-corrected chi connectivity index (χ3v) is 7.23. The van der Waals surface area contributed by atoms with Gasteiger partial charge in [-0.25, -0.2) is 8.42 Å². The van der Waals surface area contributed by atoms with Gasteiger partial charge in [-0.3, -0.25) is 13.9 Å². The molecule has 0 aromatic heterocycles. The highest BCUT2D eigenvalue weighted by molar-refractivity contribution is 7.92. The van der Waals surface area contributed by atoms with Gasteiger partial charge in [0.15, 0.2) is 11.5 Å². The molecule has 3 rings (SSSR count). The summed E-state index contributed by atoms with van der Waals surface area (Å²) in [4.78, 5) is 27.6. The first-order chi connectivity index (χ1) is 17.5. The number of nitrogens with one attached hydrogen (secondary N) is 1. The highest BCUT2D eigenvalue weighted by Crippen LogP contribution is 2.34. The van der Waals surface area contributed by atoms with Crippen LogP contribution in [0.2, 0.25) is 0 Å². The first-order valence-electron chi connectivity index (χ1n) is 12.5. The van der Waals surface area contributed by atoms with Crippen LogP contribution in [0.15, 0.2) is 42.5 Å². The van der Waals surface area contributed by atoms with Gasteiger partial charge >= 0.3 is 0 Å². The van der Waals surface area contributed by atoms with E-state index in [1.54, 1.807) is 30.0 Å². The van der Waals surface area contributed by atoms with E-state index >= 15 is 0 Å². The molecule has 0 saturated carbocycles. The van der Waals surface area contributed by atoms with Gasteiger partial charge < -0.3 is 19.7 Å². The Morgan fingerprint density at radius 1 is 1.00 bits per heavy atom. The molecule has 9 nitrogen and oxygen atoms in total. The normalized spacial score (nSPS) is 13.7. The van der Waals surface area contributed by atoms with E-state index in [1.165, 1.54) is 4.31 Å². The molecule has 0 spiro atoms. The molecule has 0 unspecified atom stereocenters. The molecule has 0 bridgehead atoms. The summed E-state index contributed by atoms with van der Waals surface area (Å²) in [6.45, 7) is 8.66. The second kappa shape index (κ2) is 12.3. The van der Waals surface area contributed by atoms with Crippen LogP contribution in [0, 0.1) is 6.92 Å². The molecular weight excluding hydrogens is 494 g/mol. The van der Waals surface area contributed by atoms with Crippen LogP contribution in [0.1, 0.15) is 44.7 Å². The van der Waals surface area contributed by atoms with Gasteiger partial charge in [-0.05, 0) is 51.8 Å². The van der Waals surface area contributed by atoms with Crippen LogP contribution in [0.25, 0.3) is 0 Å². The number of ether oxygens (including phenoxy) is 2. The predicted molar refractivity (Wildman–Crippen MR) is 143 cm³/mol. The fourth-order valence-electron chi connectivity index (χ4n) is 4.07. The number of fused-ring (bicyclic) bond motifs is 1. The molecule has 37 heavy (non-hydrogen) atoms. The molecule has 10 heteroatoms. The minimum absolute atomic E-state index is 0.0550. The number of benzene rings is 2. The lowest BCUT2D eigenvalue weighted by Gasteiger charge is -2.30. The van der Waals surface area contributed by atoms with E-state index in [2.05, 4.69) is 5.32 Å². The molecule has 0 fully saturated rings. The minimum Gasteiger partial charge on any atom is -0.486 e. The summed E-state index contributed by atoms with van der Waals surface area (Å²) in [6.07, 6.45) is 1.50. The number of sulfonamides is 1. The molecule has 0 aliphatic carbocycles. The van der Waals surface area contributed by atoms with Gasteiger partial charge in [0.05, 0.1) is 11.9 Å². The first kappa shape index (κ1) is 28.3. The van der Waals surface area contributed by atoms with Crippen molar-refractivity contribution in [1.82, 2.24) is 10.2 Å². The van der Waals surface area contributed by atoms with Crippen molar-refractivity contribution >= 4 is 27.5 Å². The van der Waals surface area contributed by atoms with E-state index < -0.39 is 16.1 Å². The summed E-state index contributed by atoms with van der Waals surface area (Å²) < 4.78 is 37.6. The van der Waals surface area contributed by atoms with Gasteiger partial charge in [-0.15, -0.1) is 0 Å². The largest absolute Gasteiger partial charge is 0.486 e. The van der Waals surface area contributed by atoms with Crippen LogP contribution in [0.3, 0.4) is 0 Å². The third-order valence-electron chi connectivity index (χ3n) is 6.04. The Morgan fingerprint density at radius 2 is 1.65 bits per heavy atom. The van der Waals surface area contributed by atoms with Crippen LogP contribution >= 0.6 is 0 Å². The predicted octanol–water partition coefficient (Wildman–Crippen LogP) is 3.25. The number of aryl methyl sites for hydroxylation is 1. The van der Waals surface area contributed by atoms with Crippen molar-refractivity contribution in [3.63, 3.8) is 0 Å². The Balaban J connectivity index is 1.73. The number of anilines is 1. The second-order valence-corrected chi connectivity index (χ2v) is 11.5. The minimum atomic E-state index is -3.61. The molecule has 0 radical (unpaired) electrons. The van der Waals surface area contributed by atoms with E-state index in [4.69, 9.17) is 9.47 Å². The molecule has 1 heterocycles. The summed E-state index contributed by atoms with van der Waals surface area (Å²) >= 11 is 0. The number of carbonyl (C=O) groups is 2. The molecule has 1 aliphatic heterocycles. The molecule has 2 aromatic carbocycles. The highest BCUT2D eigenvalue weighted by Gasteiger charge is 2.27. The number of hydrogen-bond acceptors (Lipinski definition) is 6. The summed E-state index contributed by atoms with van der Waals surface area (Å²) in [5, 5.41) is 2.87. The smallest absolute Gasteiger partial charge is 0.242 e. The number of amides is 2. The second-order valence-electron chi connectivity index (χ2n) is 9.61. The molecule has 202 valence electrons. The molecule has 2 amide bonds. The first-order valence-corrected chi connectivity index (χ1v) is 14.3. The number of rotatable bonds is 11. The van der Waals surface area contributed by atoms with Crippen molar-refractivity contribution in [2.24, 2.45) is 0 Å². The monoisotopic (exact) mass is 531 g/mol. The Morgan fingerprint density at radius 3 is 2.27 bits per heavy atom. The van der Waals surface area contributed by atoms with E-state index in [9.17, 15) is 18.0 Å². The van der Waals surface area contributed by atoms with Gasteiger partial charge in [0.25, 0.3) is 0 Å². The average molecular weight is 532 g/mol.